The zero-order valence-corrected chi connectivity index (χ0v) is 11.0. The highest BCUT2D eigenvalue weighted by Crippen LogP contribution is 2.21. The summed E-state index contributed by atoms with van der Waals surface area (Å²) in [5.74, 6) is 0.887. The standard InChI is InChI=1S/C14H19N3O/c1-16(2)12-6-4-5-11(9-12)13(18)10-14-15-7-8-17(14)3/h4-9,13,18H,10H2,1-3H3. The molecule has 4 heteroatoms. The molecule has 4 nitrogen and oxygen atoms in total. The SMILES string of the molecule is CN(C)c1cccc(C(O)Cc2nccn2C)c1. The molecule has 2 aromatic rings. The quantitative estimate of drug-likeness (QED) is 0.892. The van der Waals surface area contributed by atoms with Crippen LogP contribution < -0.4 is 4.90 Å². The first kappa shape index (κ1) is 12.6. The molecule has 0 amide bonds. The molecule has 0 bridgehead atoms. The third-order valence-corrected chi connectivity index (χ3v) is 3.07. The van der Waals surface area contributed by atoms with Crippen molar-refractivity contribution in [2.45, 2.75) is 12.5 Å². The normalized spacial score (nSPS) is 12.4. The van der Waals surface area contributed by atoms with E-state index in [-0.39, 0.29) is 0 Å². The highest BCUT2D eigenvalue weighted by Gasteiger charge is 2.12. The van der Waals surface area contributed by atoms with Gasteiger partial charge in [-0.05, 0) is 17.7 Å². The molecule has 1 aromatic heterocycles. The van der Waals surface area contributed by atoms with E-state index >= 15 is 0 Å². The minimum absolute atomic E-state index is 0.522. The summed E-state index contributed by atoms with van der Waals surface area (Å²) >= 11 is 0. The number of nitrogens with zero attached hydrogens (tertiary/aromatic N) is 3. The third-order valence-electron chi connectivity index (χ3n) is 3.07. The van der Waals surface area contributed by atoms with Gasteiger partial charge >= 0.3 is 0 Å². The van der Waals surface area contributed by atoms with Crippen molar-refractivity contribution in [1.29, 1.82) is 0 Å². The van der Waals surface area contributed by atoms with Gasteiger partial charge in [-0.25, -0.2) is 4.98 Å². The van der Waals surface area contributed by atoms with Gasteiger partial charge in [0.05, 0.1) is 6.10 Å². The van der Waals surface area contributed by atoms with Crippen molar-refractivity contribution in [3.63, 3.8) is 0 Å². The molecule has 0 saturated carbocycles. The average molecular weight is 245 g/mol. The maximum Gasteiger partial charge on any atom is 0.111 e. The first-order chi connectivity index (χ1) is 8.58. The van der Waals surface area contributed by atoms with Crippen molar-refractivity contribution in [1.82, 2.24) is 9.55 Å². The average Bonchev–Trinajstić information content (AvgIpc) is 2.75. The Hall–Kier alpha value is -1.81. The predicted octanol–water partition coefficient (Wildman–Crippen LogP) is 1.76. The number of benzene rings is 1. The van der Waals surface area contributed by atoms with Gasteiger partial charge < -0.3 is 14.6 Å². The minimum atomic E-state index is -0.522. The molecule has 2 rings (SSSR count). The molecule has 1 unspecified atom stereocenters. The molecule has 0 fully saturated rings. The van der Waals surface area contributed by atoms with Gasteiger partial charge in [0, 0.05) is 45.6 Å². The highest BCUT2D eigenvalue weighted by atomic mass is 16.3. The molecule has 18 heavy (non-hydrogen) atoms. The first-order valence-corrected chi connectivity index (χ1v) is 5.99. The smallest absolute Gasteiger partial charge is 0.111 e. The molecule has 0 radical (unpaired) electrons. The number of anilines is 1. The van der Waals surface area contributed by atoms with Gasteiger partial charge in [0.1, 0.15) is 5.82 Å². The second-order valence-corrected chi connectivity index (χ2v) is 4.66. The van der Waals surface area contributed by atoms with Crippen LogP contribution in [0.25, 0.3) is 0 Å². The summed E-state index contributed by atoms with van der Waals surface area (Å²) in [6, 6.07) is 7.94. The van der Waals surface area contributed by atoms with E-state index in [2.05, 4.69) is 4.98 Å². The van der Waals surface area contributed by atoms with E-state index in [4.69, 9.17) is 0 Å². The van der Waals surface area contributed by atoms with Gasteiger partial charge in [-0.3, -0.25) is 0 Å². The van der Waals surface area contributed by atoms with Crippen molar-refractivity contribution in [3.05, 3.63) is 48.0 Å². The second kappa shape index (κ2) is 5.23. The van der Waals surface area contributed by atoms with Crippen LogP contribution in [-0.2, 0) is 13.5 Å². The van der Waals surface area contributed by atoms with Gasteiger partial charge in [0.15, 0.2) is 0 Å². The van der Waals surface area contributed by atoms with Gasteiger partial charge in [-0.1, -0.05) is 12.1 Å². The highest BCUT2D eigenvalue weighted by molar-refractivity contribution is 5.47. The topological polar surface area (TPSA) is 41.3 Å². The van der Waals surface area contributed by atoms with Gasteiger partial charge in [0.25, 0.3) is 0 Å². The maximum atomic E-state index is 10.3. The minimum Gasteiger partial charge on any atom is -0.388 e. The number of aryl methyl sites for hydroxylation is 1. The maximum absolute atomic E-state index is 10.3. The zero-order chi connectivity index (χ0) is 13.1. The molecule has 1 atom stereocenters. The van der Waals surface area contributed by atoms with Crippen LogP contribution in [0.4, 0.5) is 5.69 Å². The molecule has 0 saturated heterocycles. The van der Waals surface area contributed by atoms with Gasteiger partial charge in [-0.15, -0.1) is 0 Å². The zero-order valence-electron chi connectivity index (χ0n) is 11.0. The third kappa shape index (κ3) is 2.71. The van der Waals surface area contributed by atoms with Crippen LogP contribution in [0.5, 0.6) is 0 Å². The number of aliphatic hydroxyl groups excluding tert-OH is 1. The molecule has 1 heterocycles. The first-order valence-electron chi connectivity index (χ1n) is 5.99. The Labute approximate surface area is 108 Å². The molecule has 0 aliphatic heterocycles. The Morgan fingerprint density at radius 2 is 2.17 bits per heavy atom. The van der Waals surface area contributed by atoms with E-state index in [0.29, 0.717) is 6.42 Å². The Balaban J connectivity index is 2.16. The van der Waals surface area contributed by atoms with Crippen molar-refractivity contribution in [3.8, 4) is 0 Å². The fourth-order valence-corrected chi connectivity index (χ4v) is 1.89. The molecule has 0 spiro atoms. The molecule has 96 valence electrons. The van der Waals surface area contributed by atoms with Crippen LogP contribution in [-0.4, -0.2) is 28.8 Å². The Morgan fingerprint density at radius 1 is 1.39 bits per heavy atom. The van der Waals surface area contributed by atoms with Gasteiger partial charge in [-0.2, -0.15) is 0 Å². The monoisotopic (exact) mass is 245 g/mol. The lowest BCUT2D eigenvalue weighted by molar-refractivity contribution is 0.175. The lowest BCUT2D eigenvalue weighted by atomic mass is 10.1. The van der Waals surface area contributed by atoms with Crippen LogP contribution in [0.1, 0.15) is 17.5 Å². The largest absolute Gasteiger partial charge is 0.388 e. The van der Waals surface area contributed by atoms with E-state index in [9.17, 15) is 5.11 Å². The summed E-state index contributed by atoms with van der Waals surface area (Å²) in [5, 5.41) is 10.3. The summed E-state index contributed by atoms with van der Waals surface area (Å²) in [4.78, 5) is 6.26. The Kier molecular flexibility index (Phi) is 3.67. The van der Waals surface area contributed by atoms with E-state index < -0.39 is 6.10 Å². The number of hydrogen-bond acceptors (Lipinski definition) is 3. The van der Waals surface area contributed by atoms with Crippen molar-refractivity contribution < 1.29 is 5.11 Å². The van der Waals surface area contributed by atoms with E-state index in [0.717, 1.165) is 17.1 Å². The fraction of sp³-hybridized carbons (Fsp3) is 0.357. The van der Waals surface area contributed by atoms with E-state index in [1.54, 1.807) is 6.20 Å². The summed E-state index contributed by atoms with van der Waals surface area (Å²) in [6.45, 7) is 0. The number of aromatic nitrogens is 2. The number of rotatable bonds is 4. The molecule has 1 aromatic carbocycles. The van der Waals surface area contributed by atoms with Crippen LogP contribution in [0.15, 0.2) is 36.7 Å². The van der Waals surface area contributed by atoms with Crippen LogP contribution in [0, 0.1) is 0 Å². The van der Waals surface area contributed by atoms with Crippen molar-refractivity contribution in [2.24, 2.45) is 7.05 Å². The van der Waals surface area contributed by atoms with Crippen LogP contribution in [0.3, 0.4) is 0 Å². The number of aliphatic hydroxyl groups is 1. The molecule has 1 N–H and O–H groups in total. The molecular formula is C14H19N3O. The van der Waals surface area contributed by atoms with Crippen LogP contribution in [0.2, 0.25) is 0 Å². The predicted molar refractivity (Wildman–Crippen MR) is 72.6 cm³/mol. The van der Waals surface area contributed by atoms with E-state index in [1.807, 2.05) is 61.1 Å². The Bertz CT molecular complexity index is 519. The fourth-order valence-electron chi connectivity index (χ4n) is 1.89. The summed E-state index contributed by atoms with van der Waals surface area (Å²) in [6.07, 6.45) is 3.64. The number of hydrogen-bond donors (Lipinski definition) is 1. The van der Waals surface area contributed by atoms with Crippen molar-refractivity contribution >= 4 is 5.69 Å². The lowest BCUT2D eigenvalue weighted by Gasteiger charge is -2.16. The van der Waals surface area contributed by atoms with Crippen molar-refractivity contribution in [2.75, 3.05) is 19.0 Å². The van der Waals surface area contributed by atoms with Crippen LogP contribution >= 0.6 is 0 Å². The van der Waals surface area contributed by atoms with E-state index in [1.165, 1.54) is 0 Å². The number of imidazole rings is 1. The molecular weight excluding hydrogens is 226 g/mol. The molecule has 0 aliphatic carbocycles. The summed E-state index contributed by atoms with van der Waals surface area (Å²) in [5.41, 5.74) is 2.01. The summed E-state index contributed by atoms with van der Waals surface area (Å²) < 4.78 is 1.93. The summed E-state index contributed by atoms with van der Waals surface area (Å²) in [7, 11) is 5.92. The molecule has 0 aliphatic rings. The lowest BCUT2D eigenvalue weighted by Crippen LogP contribution is -2.11. The Morgan fingerprint density at radius 3 is 2.78 bits per heavy atom. The van der Waals surface area contributed by atoms with Gasteiger partial charge in [0.2, 0.25) is 0 Å². The second-order valence-electron chi connectivity index (χ2n) is 4.66.